The molecule has 1 aliphatic carbocycles. The Morgan fingerprint density at radius 3 is 2.67 bits per heavy atom. The van der Waals surface area contributed by atoms with Crippen LogP contribution < -0.4 is 5.32 Å². The predicted molar refractivity (Wildman–Crippen MR) is 82.0 cm³/mol. The summed E-state index contributed by atoms with van der Waals surface area (Å²) in [6, 6.07) is 6.29. The molecule has 1 heterocycles. The zero-order chi connectivity index (χ0) is 14.8. The fourth-order valence-electron chi connectivity index (χ4n) is 3.01. The highest BCUT2D eigenvalue weighted by Crippen LogP contribution is 2.32. The van der Waals surface area contributed by atoms with Crippen LogP contribution in [0, 0.1) is 12.8 Å². The Morgan fingerprint density at radius 1 is 1.29 bits per heavy atom. The summed E-state index contributed by atoms with van der Waals surface area (Å²) >= 11 is 0. The average molecular weight is 288 g/mol. The molecule has 3 rings (SSSR count). The zero-order valence-electron chi connectivity index (χ0n) is 12.6. The molecule has 1 aromatic rings. The summed E-state index contributed by atoms with van der Waals surface area (Å²) in [5, 5.41) is 13.5. The number of aryl methyl sites for hydroxylation is 1. The molecule has 4 nitrogen and oxygen atoms in total. The topological polar surface area (TPSA) is 52.6 Å². The Hall–Kier alpha value is -1.55. The quantitative estimate of drug-likeness (QED) is 0.893. The van der Waals surface area contributed by atoms with Gasteiger partial charge in [0, 0.05) is 37.2 Å². The summed E-state index contributed by atoms with van der Waals surface area (Å²) in [6.45, 7) is 4.34. The molecule has 0 bridgehead atoms. The molecule has 114 valence electrons. The van der Waals surface area contributed by atoms with Crippen LogP contribution in [0.2, 0.25) is 0 Å². The van der Waals surface area contributed by atoms with Gasteiger partial charge in [0.15, 0.2) is 0 Å². The second-order valence-corrected chi connectivity index (χ2v) is 6.34. The minimum Gasteiger partial charge on any atom is -0.507 e. The molecular weight excluding hydrogens is 264 g/mol. The standard InChI is InChI=1S/C17H24N2O2/c1-12-3-2-4-14(16(12)20)11-18-15-7-9-19(10-8-15)17(21)13-5-6-13/h2-4,13,15,18,20H,5-11H2,1H3. The molecule has 1 amide bonds. The van der Waals surface area contributed by atoms with Crippen molar-refractivity contribution in [3.63, 3.8) is 0 Å². The Labute approximate surface area is 126 Å². The van der Waals surface area contributed by atoms with E-state index in [1.54, 1.807) is 0 Å². The van der Waals surface area contributed by atoms with E-state index < -0.39 is 0 Å². The molecule has 0 unspecified atom stereocenters. The van der Waals surface area contributed by atoms with Gasteiger partial charge in [-0.15, -0.1) is 0 Å². The van der Waals surface area contributed by atoms with Crippen molar-refractivity contribution in [2.24, 2.45) is 5.92 Å². The molecule has 2 fully saturated rings. The van der Waals surface area contributed by atoms with Crippen molar-refractivity contribution in [2.75, 3.05) is 13.1 Å². The SMILES string of the molecule is Cc1cccc(CNC2CCN(C(=O)C3CC3)CC2)c1O. The van der Waals surface area contributed by atoms with Crippen LogP contribution in [-0.2, 0) is 11.3 Å². The van der Waals surface area contributed by atoms with E-state index in [0.29, 0.717) is 30.2 Å². The number of nitrogens with one attached hydrogen (secondary N) is 1. The number of para-hydroxylation sites is 1. The molecule has 21 heavy (non-hydrogen) atoms. The van der Waals surface area contributed by atoms with Gasteiger partial charge in [0.25, 0.3) is 0 Å². The van der Waals surface area contributed by atoms with Gasteiger partial charge in [-0.3, -0.25) is 4.79 Å². The van der Waals surface area contributed by atoms with Crippen LogP contribution in [0.1, 0.15) is 36.8 Å². The average Bonchev–Trinajstić information content (AvgIpc) is 3.33. The van der Waals surface area contributed by atoms with Crippen molar-refractivity contribution < 1.29 is 9.90 Å². The lowest BCUT2D eigenvalue weighted by atomic mass is 10.0. The van der Waals surface area contributed by atoms with E-state index >= 15 is 0 Å². The first-order valence-corrected chi connectivity index (χ1v) is 7.95. The molecule has 1 aliphatic heterocycles. The van der Waals surface area contributed by atoms with Gasteiger partial charge in [0.1, 0.15) is 5.75 Å². The van der Waals surface area contributed by atoms with Gasteiger partial charge in [-0.25, -0.2) is 0 Å². The van der Waals surface area contributed by atoms with Crippen molar-refractivity contribution in [1.29, 1.82) is 0 Å². The number of rotatable bonds is 4. The van der Waals surface area contributed by atoms with Crippen LogP contribution in [-0.4, -0.2) is 35.0 Å². The lowest BCUT2D eigenvalue weighted by Crippen LogP contribution is -2.45. The Bertz CT molecular complexity index is 518. The fourth-order valence-corrected chi connectivity index (χ4v) is 3.01. The van der Waals surface area contributed by atoms with Gasteiger partial charge < -0.3 is 15.3 Å². The number of phenols is 1. The van der Waals surface area contributed by atoms with Crippen LogP contribution in [0.15, 0.2) is 18.2 Å². The molecule has 0 atom stereocenters. The number of hydrogen-bond acceptors (Lipinski definition) is 3. The van der Waals surface area contributed by atoms with Crippen molar-refractivity contribution in [2.45, 2.75) is 45.2 Å². The smallest absolute Gasteiger partial charge is 0.225 e. The summed E-state index contributed by atoms with van der Waals surface area (Å²) < 4.78 is 0. The highest BCUT2D eigenvalue weighted by Gasteiger charge is 2.34. The summed E-state index contributed by atoms with van der Waals surface area (Å²) in [4.78, 5) is 14.0. The normalized spacial score (nSPS) is 19.8. The Balaban J connectivity index is 1.47. The van der Waals surface area contributed by atoms with Gasteiger partial charge in [0.05, 0.1) is 0 Å². The predicted octanol–water partition coefficient (Wildman–Crippen LogP) is 2.19. The number of benzene rings is 1. The van der Waals surface area contributed by atoms with Gasteiger partial charge in [0.2, 0.25) is 5.91 Å². The summed E-state index contributed by atoms with van der Waals surface area (Å²) in [5.74, 6) is 1.09. The van der Waals surface area contributed by atoms with Gasteiger partial charge in [-0.1, -0.05) is 18.2 Å². The van der Waals surface area contributed by atoms with E-state index in [4.69, 9.17) is 0 Å². The maximum absolute atomic E-state index is 12.0. The second kappa shape index (κ2) is 6.06. The van der Waals surface area contributed by atoms with E-state index in [1.165, 1.54) is 0 Å². The van der Waals surface area contributed by atoms with Gasteiger partial charge >= 0.3 is 0 Å². The zero-order valence-corrected chi connectivity index (χ0v) is 12.6. The Kier molecular flexibility index (Phi) is 4.15. The van der Waals surface area contributed by atoms with Crippen molar-refractivity contribution in [1.82, 2.24) is 10.2 Å². The molecule has 0 radical (unpaired) electrons. The first-order valence-electron chi connectivity index (χ1n) is 7.95. The van der Waals surface area contributed by atoms with Crippen LogP contribution in [0.25, 0.3) is 0 Å². The third kappa shape index (κ3) is 3.38. The minimum atomic E-state index is 0.332. The van der Waals surface area contributed by atoms with Gasteiger partial charge in [-0.05, 0) is 38.2 Å². The third-order valence-electron chi connectivity index (χ3n) is 4.64. The number of carbonyl (C=O) groups is 1. The highest BCUT2D eigenvalue weighted by atomic mass is 16.3. The molecule has 2 aliphatic rings. The summed E-state index contributed by atoms with van der Waals surface area (Å²) in [5.41, 5.74) is 1.87. The molecular formula is C17H24N2O2. The monoisotopic (exact) mass is 288 g/mol. The number of aromatic hydroxyl groups is 1. The number of hydrogen-bond donors (Lipinski definition) is 2. The molecule has 4 heteroatoms. The van der Waals surface area contributed by atoms with Crippen LogP contribution >= 0.6 is 0 Å². The Morgan fingerprint density at radius 2 is 2.00 bits per heavy atom. The molecule has 0 aromatic heterocycles. The first kappa shape index (κ1) is 14.4. The molecule has 1 saturated heterocycles. The van der Waals surface area contributed by atoms with Crippen LogP contribution in [0.5, 0.6) is 5.75 Å². The van der Waals surface area contributed by atoms with E-state index in [9.17, 15) is 9.90 Å². The first-order chi connectivity index (χ1) is 10.1. The van der Waals surface area contributed by atoms with E-state index in [-0.39, 0.29) is 0 Å². The number of likely N-dealkylation sites (tertiary alicyclic amines) is 1. The number of nitrogens with zero attached hydrogens (tertiary/aromatic N) is 1. The highest BCUT2D eigenvalue weighted by molar-refractivity contribution is 5.81. The number of phenolic OH excluding ortho intramolecular Hbond substituents is 1. The largest absolute Gasteiger partial charge is 0.507 e. The third-order valence-corrected chi connectivity index (χ3v) is 4.64. The van der Waals surface area contributed by atoms with E-state index in [2.05, 4.69) is 5.32 Å². The lowest BCUT2D eigenvalue weighted by Gasteiger charge is -2.32. The fraction of sp³-hybridized carbons (Fsp3) is 0.588. The van der Waals surface area contributed by atoms with Crippen LogP contribution in [0.3, 0.4) is 0 Å². The molecule has 2 N–H and O–H groups in total. The summed E-state index contributed by atoms with van der Waals surface area (Å²) in [7, 11) is 0. The van der Waals surface area contributed by atoms with Crippen molar-refractivity contribution in [3.05, 3.63) is 29.3 Å². The van der Waals surface area contributed by atoms with Crippen molar-refractivity contribution >= 4 is 5.91 Å². The molecule has 0 spiro atoms. The van der Waals surface area contributed by atoms with Crippen molar-refractivity contribution in [3.8, 4) is 5.75 Å². The second-order valence-electron chi connectivity index (χ2n) is 6.34. The van der Waals surface area contributed by atoms with E-state index in [1.807, 2.05) is 30.0 Å². The number of carbonyl (C=O) groups excluding carboxylic acids is 1. The number of amides is 1. The molecule has 1 saturated carbocycles. The molecule has 1 aromatic carbocycles. The minimum absolute atomic E-state index is 0.332. The summed E-state index contributed by atoms with van der Waals surface area (Å²) in [6.07, 6.45) is 4.18. The van der Waals surface area contributed by atoms with Crippen LogP contribution in [0.4, 0.5) is 0 Å². The maximum atomic E-state index is 12.0. The maximum Gasteiger partial charge on any atom is 0.225 e. The number of piperidine rings is 1. The lowest BCUT2D eigenvalue weighted by molar-refractivity contribution is -0.133. The van der Waals surface area contributed by atoms with Gasteiger partial charge in [-0.2, -0.15) is 0 Å². The van der Waals surface area contributed by atoms with E-state index in [0.717, 1.165) is 49.9 Å².